The standard InChI is InChI=1S/C13H20N4S/c1-8(13-9(2)16-17(5)10(13)3)14-6-12-7-15-11(4)18-12/h7-8,14H,6H2,1-5H3. The number of hydrogen-bond donors (Lipinski definition) is 1. The van der Waals surface area contributed by atoms with E-state index in [1.807, 2.05) is 24.9 Å². The summed E-state index contributed by atoms with van der Waals surface area (Å²) in [7, 11) is 1.99. The summed E-state index contributed by atoms with van der Waals surface area (Å²) in [6.45, 7) is 9.26. The zero-order chi connectivity index (χ0) is 13.3. The third-order valence-corrected chi connectivity index (χ3v) is 4.16. The molecule has 1 atom stereocenters. The molecular formula is C13H20N4S. The van der Waals surface area contributed by atoms with Crippen LogP contribution in [-0.2, 0) is 13.6 Å². The smallest absolute Gasteiger partial charge is 0.0897 e. The van der Waals surface area contributed by atoms with E-state index >= 15 is 0 Å². The van der Waals surface area contributed by atoms with Crippen LogP contribution in [0.2, 0.25) is 0 Å². The SMILES string of the molecule is Cc1ncc(CNC(C)c2c(C)nn(C)c2C)s1. The number of nitrogens with zero attached hydrogens (tertiary/aromatic N) is 3. The predicted octanol–water partition coefficient (Wildman–Crippen LogP) is 2.65. The minimum atomic E-state index is 0.307. The van der Waals surface area contributed by atoms with E-state index in [9.17, 15) is 0 Å². The van der Waals surface area contributed by atoms with Crippen molar-refractivity contribution in [1.29, 1.82) is 0 Å². The van der Waals surface area contributed by atoms with Crippen molar-refractivity contribution in [2.75, 3.05) is 0 Å². The molecule has 0 aliphatic carbocycles. The molecule has 0 bridgehead atoms. The van der Waals surface area contributed by atoms with Crippen molar-refractivity contribution in [2.24, 2.45) is 7.05 Å². The maximum Gasteiger partial charge on any atom is 0.0897 e. The van der Waals surface area contributed by atoms with Crippen LogP contribution in [0.4, 0.5) is 0 Å². The van der Waals surface area contributed by atoms with Gasteiger partial charge in [-0.15, -0.1) is 11.3 Å². The highest BCUT2D eigenvalue weighted by Crippen LogP contribution is 2.21. The predicted molar refractivity (Wildman–Crippen MR) is 74.8 cm³/mol. The third kappa shape index (κ3) is 2.62. The van der Waals surface area contributed by atoms with Gasteiger partial charge >= 0.3 is 0 Å². The number of aryl methyl sites for hydroxylation is 3. The number of rotatable bonds is 4. The average Bonchev–Trinajstić information content (AvgIpc) is 2.82. The van der Waals surface area contributed by atoms with Gasteiger partial charge in [-0.2, -0.15) is 5.10 Å². The molecule has 2 aromatic rings. The molecule has 5 heteroatoms. The molecule has 0 fully saturated rings. The second kappa shape index (κ2) is 5.20. The molecule has 0 saturated heterocycles. The lowest BCUT2D eigenvalue weighted by molar-refractivity contribution is 0.572. The molecule has 4 nitrogen and oxygen atoms in total. The van der Waals surface area contributed by atoms with Crippen molar-refractivity contribution >= 4 is 11.3 Å². The van der Waals surface area contributed by atoms with Gasteiger partial charge in [0.25, 0.3) is 0 Å². The van der Waals surface area contributed by atoms with E-state index in [1.54, 1.807) is 11.3 Å². The lowest BCUT2D eigenvalue weighted by atomic mass is 10.1. The van der Waals surface area contributed by atoms with Crippen LogP contribution in [0.15, 0.2) is 6.20 Å². The molecule has 98 valence electrons. The Morgan fingerprint density at radius 1 is 1.39 bits per heavy atom. The van der Waals surface area contributed by atoms with Crippen LogP contribution in [0.1, 0.15) is 39.8 Å². The fraction of sp³-hybridized carbons (Fsp3) is 0.538. The molecule has 0 amide bonds. The first kappa shape index (κ1) is 13.2. The molecule has 2 heterocycles. The second-order valence-electron chi connectivity index (χ2n) is 4.66. The zero-order valence-electron chi connectivity index (χ0n) is 11.6. The molecular weight excluding hydrogens is 244 g/mol. The molecule has 2 rings (SSSR count). The number of thiazole rings is 1. The van der Waals surface area contributed by atoms with Gasteiger partial charge < -0.3 is 5.32 Å². The van der Waals surface area contributed by atoms with Crippen LogP contribution in [0.5, 0.6) is 0 Å². The summed E-state index contributed by atoms with van der Waals surface area (Å²) in [5.41, 5.74) is 3.64. The zero-order valence-corrected chi connectivity index (χ0v) is 12.4. The van der Waals surface area contributed by atoms with Gasteiger partial charge in [-0.1, -0.05) is 0 Å². The summed E-state index contributed by atoms with van der Waals surface area (Å²) in [5.74, 6) is 0. The highest BCUT2D eigenvalue weighted by molar-refractivity contribution is 7.11. The molecule has 0 aliphatic rings. The van der Waals surface area contributed by atoms with Crippen molar-refractivity contribution in [1.82, 2.24) is 20.1 Å². The van der Waals surface area contributed by atoms with Crippen molar-refractivity contribution in [2.45, 2.75) is 40.3 Å². The molecule has 0 aliphatic heterocycles. The van der Waals surface area contributed by atoms with Gasteiger partial charge in [0.15, 0.2) is 0 Å². The van der Waals surface area contributed by atoms with E-state index in [-0.39, 0.29) is 0 Å². The van der Waals surface area contributed by atoms with Gasteiger partial charge in [-0.05, 0) is 27.7 Å². The number of aromatic nitrogens is 3. The molecule has 0 radical (unpaired) electrons. The Kier molecular flexibility index (Phi) is 3.82. The normalized spacial score (nSPS) is 12.9. The topological polar surface area (TPSA) is 42.7 Å². The van der Waals surface area contributed by atoms with E-state index in [1.165, 1.54) is 16.1 Å². The minimum Gasteiger partial charge on any atom is -0.305 e. The largest absolute Gasteiger partial charge is 0.305 e. The molecule has 0 saturated carbocycles. The van der Waals surface area contributed by atoms with Crippen LogP contribution in [-0.4, -0.2) is 14.8 Å². The molecule has 0 aromatic carbocycles. The van der Waals surface area contributed by atoms with Gasteiger partial charge in [0.05, 0.1) is 10.7 Å². The van der Waals surface area contributed by atoms with Crippen LogP contribution in [0, 0.1) is 20.8 Å². The average molecular weight is 264 g/mol. The summed E-state index contributed by atoms with van der Waals surface area (Å²) in [5, 5.41) is 9.12. The lowest BCUT2D eigenvalue weighted by Crippen LogP contribution is -2.18. The van der Waals surface area contributed by atoms with Gasteiger partial charge in [0.1, 0.15) is 0 Å². The first-order valence-electron chi connectivity index (χ1n) is 6.13. The van der Waals surface area contributed by atoms with E-state index in [2.05, 4.69) is 36.2 Å². The van der Waals surface area contributed by atoms with Gasteiger partial charge in [-0.3, -0.25) is 4.68 Å². The van der Waals surface area contributed by atoms with Gasteiger partial charge in [-0.25, -0.2) is 4.98 Å². The third-order valence-electron chi connectivity index (χ3n) is 3.25. The van der Waals surface area contributed by atoms with Crippen molar-refractivity contribution in [3.8, 4) is 0 Å². The fourth-order valence-corrected chi connectivity index (χ4v) is 3.01. The highest BCUT2D eigenvalue weighted by Gasteiger charge is 2.15. The Morgan fingerprint density at radius 2 is 2.11 bits per heavy atom. The molecule has 18 heavy (non-hydrogen) atoms. The summed E-state index contributed by atoms with van der Waals surface area (Å²) in [4.78, 5) is 5.55. The monoisotopic (exact) mass is 264 g/mol. The van der Waals surface area contributed by atoms with Crippen molar-refractivity contribution in [3.05, 3.63) is 33.0 Å². The summed E-state index contributed by atoms with van der Waals surface area (Å²) < 4.78 is 1.94. The van der Waals surface area contributed by atoms with Crippen molar-refractivity contribution < 1.29 is 0 Å². The minimum absolute atomic E-state index is 0.307. The van der Waals surface area contributed by atoms with Gasteiger partial charge in [0.2, 0.25) is 0 Å². The Hall–Kier alpha value is -1.20. The quantitative estimate of drug-likeness (QED) is 0.923. The number of nitrogens with one attached hydrogen (secondary N) is 1. The maximum absolute atomic E-state index is 4.46. The molecule has 1 N–H and O–H groups in total. The van der Waals surface area contributed by atoms with Gasteiger partial charge in [0, 0.05) is 42.0 Å². The Labute approximate surface area is 112 Å². The van der Waals surface area contributed by atoms with Crippen LogP contribution >= 0.6 is 11.3 Å². The van der Waals surface area contributed by atoms with E-state index < -0.39 is 0 Å². The fourth-order valence-electron chi connectivity index (χ4n) is 2.26. The summed E-state index contributed by atoms with van der Waals surface area (Å²) in [6, 6.07) is 0.307. The molecule has 2 aromatic heterocycles. The first-order chi connectivity index (χ1) is 8.49. The molecule has 0 spiro atoms. The first-order valence-corrected chi connectivity index (χ1v) is 6.95. The highest BCUT2D eigenvalue weighted by atomic mass is 32.1. The van der Waals surface area contributed by atoms with Crippen molar-refractivity contribution in [3.63, 3.8) is 0 Å². The second-order valence-corrected chi connectivity index (χ2v) is 5.98. The molecule has 1 unspecified atom stereocenters. The van der Waals surface area contributed by atoms with E-state index in [4.69, 9.17) is 0 Å². The van der Waals surface area contributed by atoms with E-state index in [0.717, 1.165) is 17.2 Å². The summed E-state index contributed by atoms with van der Waals surface area (Å²) in [6.07, 6.45) is 1.95. The Morgan fingerprint density at radius 3 is 2.61 bits per heavy atom. The van der Waals surface area contributed by atoms with E-state index in [0.29, 0.717) is 6.04 Å². The Bertz CT molecular complexity index is 541. The number of hydrogen-bond acceptors (Lipinski definition) is 4. The van der Waals surface area contributed by atoms with Crippen LogP contribution < -0.4 is 5.32 Å². The lowest BCUT2D eigenvalue weighted by Gasteiger charge is -2.13. The Balaban J connectivity index is 2.05. The van der Waals surface area contributed by atoms with Crippen LogP contribution in [0.25, 0.3) is 0 Å². The maximum atomic E-state index is 4.46. The van der Waals surface area contributed by atoms with Crippen LogP contribution in [0.3, 0.4) is 0 Å². The summed E-state index contributed by atoms with van der Waals surface area (Å²) >= 11 is 1.74.